The first-order valence-electron chi connectivity index (χ1n) is 14.2. The smallest absolute Gasteiger partial charge is 0.220 e. The van der Waals surface area contributed by atoms with Crippen LogP contribution in [0.1, 0.15) is 129 Å². The summed E-state index contributed by atoms with van der Waals surface area (Å²) in [5.74, 6) is -0.0893. The fourth-order valence-electron chi connectivity index (χ4n) is 3.85. The van der Waals surface area contributed by atoms with Gasteiger partial charge >= 0.3 is 0 Å². The van der Waals surface area contributed by atoms with Gasteiger partial charge in [-0.05, 0) is 44.9 Å². The molecule has 0 saturated carbocycles. The van der Waals surface area contributed by atoms with Crippen molar-refractivity contribution in [3.63, 3.8) is 0 Å². The number of carbonyl (C=O) groups excluding carboxylic acids is 1. The van der Waals surface area contributed by atoms with Gasteiger partial charge in [-0.25, -0.2) is 0 Å². The van der Waals surface area contributed by atoms with Crippen molar-refractivity contribution in [1.29, 1.82) is 0 Å². The number of nitrogens with one attached hydrogen (secondary N) is 1. The minimum absolute atomic E-state index is 0.0893. The second-order valence-electron chi connectivity index (χ2n) is 9.45. The third-order valence-corrected chi connectivity index (χ3v) is 6.10. The van der Waals surface area contributed by atoms with E-state index in [4.69, 9.17) is 0 Å². The molecular formula is C30H55NO3. The molecule has 0 bridgehead atoms. The van der Waals surface area contributed by atoms with Gasteiger partial charge in [0.05, 0.1) is 18.8 Å². The van der Waals surface area contributed by atoms with Crippen molar-refractivity contribution in [3.8, 4) is 0 Å². The lowest BCUT2D eigenvalue weighted by molar-refractivity contribution is -0.123. The van der Waals surface area contributed by atoms with Gasteiger partial charge < -0.3 is 15.5 Å². The van der Waals surface area contributed by atoms with Crippen molar-refractivity contribution < 1.29 is 15.0 Å². The number of aliphatic hydroxyl groups is 2. The van der Waals surface area contributed by atoms with Crippen LogP contribution in [-0.2, 0) is 4.79 Å². The summed E-state index contributed by atoms with van der Waals surface area (Å²) in [6.45, 7) is 4.20. The van der Waals surface area contributed by atoms with Crippen LogP contribution in [0.2, 0.25) is 0 Å². The summed E-state index contributed by atoms with van der Waals surface area (Å²) in [5, 5.41) is 22.6. The molecule has 0 aliphatic rings. The molecule has 0 radical (unpaired) electrons. The third kappa shape index (κ3) is 22.4. The Morgan fingerprint density at radius 1 is 0.676 bits per heavy atom. The van der Waals surface area contributed by atoms with Gasteiger partial charge in [-0.1, -0.05) is 115 Å². The molecule has 1 amide bonds. The van der Waals surface area contributed by atoms with Crippen LogP contribution >= 0.6 is 0 Å². The highest BCUT2D eigenvalue weighted by Crippen LogP contribution is 2.09. The Morgan fingerprint density at radius 2 is 1.15 bits per heavy atom. The first kappa shape index (κ1) is 32.6. The van der Waals surface area contributed by atoms with Crippen LogP contribution in [0.15, 0.2) is 36.5 Å². The Hall–Kier alpha value is -1.39. The summed E-state index contributed by atoms with van der Waals surface area (Å²) >= 11 is 0. The topological polar surface area (TPSA) is 69.6 Å². The van der Waals surface area contributed by atoms with E-state index in [2.05, 4.69) is 43.5 Å². The molecule has 0 aliphatic heterocycles. The van der Waals surface area contributed by atoms with Gasteiger partial charge in [-0.3, -0.25) is 4.79 Å². The molecule has 2 unspecified atom stereocenters. The highest BCUT2D eigenvalue weighted by molar-refractivity contribution is 5.76. The first-order valence-corrected chi connectivity index (χ1v) is 14.2. The summed E-state index contributed by atoms with van der Waals surface area (Å²) in [5.41, 5.74) is 0. The molecule has 2 atom stereocenters. The van der Waals surface area contributed by atoms with Crippen LogP contribution in [0.4, 0.5) is 0 Å². The molecule has 0 spiro atoms. The minimum atomic E-state index is -0.862. The van der Waals surface area contributed by atoms with E-state index in [9.17, 15) is 15.0 Å². The summed E-state index contributed by atoms with van der Waals surface area (Å²) in [6.07, 6.45) is 32.2. The van der Waals surface area contributed by atoms with E-state index in [0.29, 0.717) is 6.42 Å². The average molecular weight is 478 g/mol. The minimum Gasteiger partial charge on any atom is -0.394 e. The Kier molecular flexibility index (Phi) is 25.1. The van der Waals surface area contributed by atoms with Crippen molar-refractivity contribution in [3.05, 3.63) is 36.5 Å². The molecule has 0 fully saturated rings. The van der Waals surface area contributed by atoms with Gasteiger partial charge in [-0.2, -0.15) is 0 Å². The molecule has 3 N–H and O–H groups in total. The van der Waals surface area contributed by atoms with Crippen molar-refractivity contribution in [2.24, 2.45) is 0 Å². The van der Waals surface area contributed by atoms with Crippen molar-refractivity contribution >= 4 is 5.91 Å². The van der Waals surface area contributed by atoms with Gasteiger partial charge in [0.1, 0.15) is 0 Å². The predicted octanol–water partition coefficient (Wildman–Crippen LogP) is 7.55. The number of hydrogen-bond acceptors (Lipinski definition) is 3. The molecule has 4 heteroatoms. The maximum atomic E-state index is 12.1. The van der Waals surface area contributed by atoms with Crippen LogP contribution in [0.25, 0.3) is 0 Å². The maximum Gasteiger partial charge on any atom is 0.220 e. The lowest BCUT2D eigenvalue weighted by atomic mass is 10.1. The van der Waals surface area contributed by atoms with Gasteiger partial charge in [0.25, 0.3) is 0 Å². The molecule has 0 aromatic heterocycles. The number of amides is 1. The molecule has 198 valence electrons. The lowest BCUT2D eigenvalue weighted by Gasteiger charge is -2.19. The average Bonchev–Trinajstić information content (AvgIpc) is 2.84. The number of rotatable bonds is 24. The van der Waals surface area contributed by atoms with Crippen molar-refractivity contribution in [2.75, 3.05) is 6.61 Å². The van der Waals surface area contributed by atoms with Crippen molar-refractivity contribution in [2.45, 2.75) is 142 Å². The zero-order chi connectivity index (χ0) is 25.1. The maximum absolute atomic E-state index is 12.1. The number of carbonyl (C=O) groups is 1. The van der Waals surface area contributed by atoms with E-state index in [0.717, 1.165) is 38.5 Å². The number of allylic oxidation sites excluding steroid dienone is 5. The zero-order valence-electron chi connectivity index (χ0n) is 22.4. The molecule has 4 nitrogen and oxygen atoms in total. The highest BCUT2D eigenvalue weighted by Gasteiger charge is 2.17. The van der Waals surface area contributed by atoms with E-state index in [1.165, 1.54) is 70.6 Å². The number of aliphatic hydroxyl groups excluding tert-OH is 2. The monoisotopic (exact) mass is 477 g/mol. The number of unbranched alkanes of at least 4 members (excludes halogenated alkanes) is 13. The summed E-state index contributed by atoms with van der Waals surface area (Å²) < 4.78 is 0. The van der Waals surface area contributed by atoms with Crippen molar-refractivity contribution in [1.82, 2.24) is 5.32 Å². The SMILES string of the molecule is CCCCCCC/C=C/CC/C=C/CC/C=C/C(O)C(CO)NC(=O)CCCCCCCCC. The molecule has 0 aromatic rings. The van der Waals surface area contributed by atoms with Crippen LogP contribution in [0.5, 0.6) is 0 Å². The standard InChI is InChI=1S/C30H55NO3/c1-3-5-7-9-11-12-13-14-15-16-17-18-20-21-23-25-29(33)28(27-32)31-30(34)26-24-22-19-10-8-6-4-2/h13-14,17-18,23,25,28-29,32-33H,3-12,15-16,19-22,24,26-27H2,1-2H3,(H,31,34)/b14-13+,18-17+,25-23+. The van der Waals surface area contributed by atoms with E-state index < -0.39 is 12.1 Å². The van der Waals surface area contributed by atoms with E-state index in [1.54, 1.807) is 6.08 Å². The van der Waals surface area contributed by atoms with Gasteiger partial charge in [0.2, 0.25) is 5.91 Å². The largest absolute Gasteiger partial charge is 0.394 e. The van der Waals surface area contributed by atoms with Gasteiger partial charge in [0, 0.05) is 6.42 Å². The molecular weight excluding hydrogens is 422 g/mol. The fourth-order valence-corrected chi connectivity index (χ4v) is 3.85. The Morgan fingerprint density at radius 3 is 1.71 bits per heavy atom. The van der Waals surface area contributed by atoms with E-state index in [-0.39, 0.29) is 12.5 Å². The fraction of sp³-hybridized carbons (Fsp3) is 0.767. The van der Waals surface area contributed by atoms with Gasteiger partial charge in [-0.15, -0.1) is 0 Å². The first-order chi connectivity index (χ1) is 16.7. The van der Waals surface area contributed by atoms with E-state index >= 15 is 0 Å². The Bertz CT molecular complexity index is 527. The highest BCUT2D eigenvalue weighted by atomic mass is 16.3. The van der Waals surface area contributed by atoms with Gasteiger partial charge in [0.15, 0.2) is 0 Å². The van der Waals surface area contributed by atoms with Crippen LogP contribution in [-0.4, -0.2) is 34.9 Å². The third-order valence-electron chi connectivity index (χ3n) is 6.10. The quantitative estimate of drug-likeness (QED) is 0.0992. The number of hydrogen-bond donors (Lipinski definition) is 3. The van der Waals surface area contributed by atoms with E-state index in [1.807, 2.05) is 6.08 Å². The normalized spacial score (nSPS) is 13.9. The Balaban J connectivity index is 3.81. The van der Waals surface area contributed by atoms with Crippen LogP contribution in [0, 0.1) is 0 Å². The second-order valence-corrected chi connectivity index (χ2v) is 9.45. The zero-order valence-corrected chi connectivity index (χ0v) is 22.4. The molecule has 0 saturated heterocycles. The molecule has 0 aromatic carbocycles. The van der Waals surface area contributed by atoms with Crippen LogP contribution in [0.3, 0.4) is 0 Å². The lowest BCUT2D eigenvalue weighted by Crippen LogP contribution is -2.45. The molecule has 0 heterocycles. The predicted molar refractivity (Wildman–Crippen MR) is 147 cm³/mol. The summed E-state index contributed by atoms with van der Waals surface area (Å²) in [6, 6.07) is -0.637. The summed E-state index contributed by atoms with van der Waals surface area (Å²) in [7, 11) is 0. The second kappa shape index (κ2) is 26.2. The van der Waals surface area contributed by atoms with Crippen LogP contribution < -0.4 is 5.32 Å². The molecule has 0 rings (SSSR count). The molecule has 34 heavy (non-hydrogen) atoms. The summed E-state index contributed by atoms with van der Waals surface area (Å²) in [4.78, 5) is 12.1. The Labute approximate surface area is 211 Å². The molecule has 0 aliphatic carbocycles.